The first-order valence-corrected chi connectivity index (χ1v) is 11.5. The Kier molecular flexibility index (Phi) is 5.65. The molecule has 2 aromatic carbocycles. The Morgan fingerprint density at radius 3 is 2.42 bits per heavy atom. The maximum Gasteiger partial charge on any atom is 0.261 e. The van der Waals surface area contributed by atoms with Gasteiger partial charge in [0.2, 0.25) is 0 Å². The van der Waals surface area contributed by atoms with Crippen molar-refractivity contribution in [1.82, 2.24) is 14.5 Å². The molecule has 0 saturated heterocycles. The summed E-state index contributed by atoms with van der Waals surface area (Å²) < 4.78 is 24.7. The van der Waals surface area contributed by atoms with Crippen LogP contribution in [-0.2, 0) is 22.8 Å². The quantitative estimate of drug-likeness (QED) is 0.466. The van der Waals surface area contributed by atoms with Gasteiger partial charge in [0.25, 0.3) is 5.56 Å². The van der Waals surface area contributed by atoms with Gasteiger partial charge in [0.05, 0.1) is 28.7 Å². The van der Waals surface area contributed by atoms with Gasteiger partial charge in [-0.2, -0.15) is 0 Å². The molecule has 0 fully saturated rings. The van der Waals surface area contributed by atoms with E-state index in [1.165, 1.54) is 10.9 Å². The second kappa shape index (κ2) is 8.54. The Labute approximate surface area is 180 Å². The van der Waals surface area contributed by atoms with Crippen molar-refractivity contribution in [3.63, 3.8) is 0 Å². The van der Waals surface area contributed by atoms with E-state index >= 15 is 0 Å². The number of aromatic nitrogens is 3. The van der Waals surface area contributed by atoms with E-state index in [9.17, 15) is 13.2 Å². The summed E-state index contributed by atoms with van der Waals surface area (Å²) in [6, 6.07) is 15.7. The first kappa shape index (κ1) is 20.5. The third-order valence-electron chi connectivity index (χ3n) is 4.80. The Hall–Kier alpha value is -3.76. The molecule has 0 aliphatic heterocycles. The summed E-state index contributed by atoms with van der Waals surface area (Å²) >= 11 is 0. The molecule has 0 radical (unpaired) electrons. The summed E-state index contributed by atoms with van der Waals surface area (Å²) in [5.74, 6) is 6.22. The van der Waals surface area contributed by atoms with E-state index in [4.69, 9.17) is 0 Å². The molecule has 0 bridgehead atoms. The largest absolute Gasteiger partial charge is 0.294 e. The molecule has 154 valence electrons. The topological polar surface area (TPSA) is 81.9 Å². The molecular weight excluding hydrogens is 410 g/mol. The molecule has 6 nitrogen and oxygen atoms in total. The number of hydrogen-bond acceptors (Lipinski definition) is 5. The molecule has 0 amide bonds. The average Bonchev–Trinajstić information content (AvgIpc) is 2.76. The lowest BCUT2D eigenvalue weighted by Gasteiger charge is -2.08. The predicted molar refractivity (Wildman–Crippen MR) is 119 cm³/mol. The van der Waals surface area contributed by atoms with Crippen LogP contribution < -0.4 is 5.56 Å². The molecule has 7 heteroatoms. The molecule has 4 aromatic rings. The van der Waals surface area contributed by atoms with Gasteiger partial charge >= 0.3 is 0 Å². The molecule has 2 aromatic heterocycles. The summed E-state index contributed by atoms with van der Waals surface area (Å²) in [5.41, 5.74) is 3.07. The average molecular weight is 430 g/mol. The number of rotatable bonds is 4. The van der Waals surface area contributed by atoms with Crippen molar-refractivity contribution in [2.24, 2.45) is 0 Å². The van der Waals surface area contributed by atoms with Gasteiger partial charge in [-0.25, -0.2) is 13.4 Å². The minimum absolute atomic E-state index is 0.171. The van der Waals surface area contributed by atoms with Crippen LogP contribution in [0, 0.1) is 11.8 Å². The Bertz CT molecular complexity index is 1460. The molecule has 0 N–H and O–H groups in total. The third-order valence-corrected chi connectivity index (χ3v) is 5.93. The van der Waals surface area contributed by atoms with Crippen molar-refractivity contribution in [3.8, 4) is 11.8 Å². The number of sulfone groups is 1. The van der Waals surface area contributed by atoms with E-state index in [0.717, 1.165) is 22.9 Å². The van der Waals surface area contributed by atoms with Crippen molar-refractivity contribution < 1.29 is 8.42 Å². The Morgan fingerprint density at radius 1 is 0.968 bits per heavy atom. The molecule has 0 unspecified atom stereocenters. The summed E-state index contributed by atoms with van der Waals surface area (Å²) in [5, 5.41) is 0.492. The van der Waals surface area contributed by atoms with Gasteiger partial charge in [0, 0.05) is 30.6 Å². The van der Waals surface area contributed by atoms with Crippen molar-refractivity contribution in [2.75, 3.05) is 6.26 Å². The minimum atomic E-state index is -3.26. The number of nitrogens with zero attached hydrogens (tertiary/aromatic N) is 3. The molecule has 2 heterocycles. The van der Waals surface area contributed by atoms with Gasteiger partial charge in [-0.05, 0) is 53.6 Å². The van der Waals surface area contributed by atoms with E-state index in [1.807, 2.05) is 18.2 Å². The molecule has 0 atom stereocenters. The number of fused-ring (bicyclic) bond motifs is 1. The normalized spacial score (nSPS) is 11.1. The molecule has 4 rings (SSSR count). The molecular formula is C24H19N3O3S. The number of hydrogen-bond donors (Lipinski definition) is 0. The Morgan fingerprint density at radius 2 is 1.71 bits per heavy atom. The molecule has 0 spiro atoms. The van der Waals surface area contributed by atoms with Gasteiger partial charge in [0.1, 0.15) is 0 Å². The second-order valence-electron chi connectivity index (χ2n) is 7.16. The monoisotopic (exact) mass is 429 g/mol. The molecule has 0 aliphatic carbocycles. The van der Waals surface area contributed by atoms with E-state index in [-0.39, 0.29) is 10.5 Å². The lowest BCUT2D eigenvalue weighted by molar-refractivity contribution is 0.602. The van der Waals surface area contributed by atoms with Crippen LogP contribution in [-0.4, -0.2) is 29.2 Å². The second-order valence-corrected chi connectivity index (χ2v) is 9.18. The van der Waals surface area contributed by atoms with Crippen LogP contribution in [0.1, 0.15) is 16.7 Å². The standard InChI is InChI=1S/C24H19N3O3S/c1-31(29,30)21-8-5-20(6-9-21)16-27-17-26-23-10-7-19(15-22(23)24(27)28)4-2-3-18-11-13-25-14-12-18/h5-15,17H,3,16H2,1H3. The van der Waals surface area contributed by atoms with E-state index in [0.29, 0.717) is 23.9 Å². The van der Waals surface area contributed by atoms with Gasteiger partial charge in [-0.15, -0.1) is 0 Å². The van der Waals surface area contributed by atoms with Crippen molar-refractivity contribution in [3.05, 3.63) is 100 Å². The summed E-state index contributed by atoms with van der Waals surface area (Å²) in [4.78, 5) is 21.6. The van der Waals surface area contributed by atoms with Gasteiger partial charge in [-0.3, -0.25) is 14.3 Å². The molecule has 0 aliphatic rings. The van der Waals surface area contributed by atoms with Gasteiger partial charge < -0.3 is 0 Å². The number of pyridine rings is 1. The first-order chi connectivity index (χ1) is 14.9. The van der Waals surface area contributed by atoms with Gasteiger partial charge in [-0.1, -0.05) is 24.0 Å². The van der Waals surface area contributed by atoms with Crippen molar-refractivity contribution >= 4 is 20.7 Å². The van der Waals surface area contributed by atoms with Crippen LogP contribution in [0.3, 0.4) is 0 Å². The third kappa shape index (κ3) is 4.87. The number of benzene rings is 2. The summed E-state index contributed by atoms with van der Waals surface area (Å²) in [6.45, 7) is 0.295. The van der Waals surface area contributed by atoms with E-state index < -0.39 is 9.84 Å². The molecule has 0 saturated carbocycles. The van der Waals surface area contributed by atoms with Gasteiger partial charge in [0.15, 0.2) is 9.84 Å². The SMILES string of the molecule is CS(=O)(=O)c1ccc(Cn2cnc3ccc(C#CCc4ccncc4)cc3c2=O)cc1. The summed E-state index contributed by atoms with van der Waals surface area (Å²) in [6.07, 6.45) is 6.73. The van der Waals surface area contributed by atoms with Crippen LogP contribution in [0.25, 0.3) is 10.9 Å². The predicted octanol–water partition coefficient (Wildman–Crippen LogP) is 2.84. The highest BCUT2D eigenvalue weighted by Crippen LogP contribution is 2.13. The zero-order valence-corrected chi connectivity index (χ0v) is 17.6. The zero-order valence-electron chi connectivity index (χ0n) is 16.8. The maximum absolute atomic E-state index is 13.0. The fourth-order valence-corrected chi connectivity index (χ4v) is 3.77. The van der Waals surface area contributed by atoms with Crippen LogP contribution >= 0.6 is 0 Å². The summed E-state index contributed by atoms with van der Waals surface area (Å²) in [7, 11) is -3.26. The first-order valence-electron chi connectivity index (χ1n) is 9.56. The van der Waals surface area contributed by atoms with Crippen LogP contribution in [0.5, 0.6) is 0 Å². The maximum atomic E-state index is 13.0. The van der Waals surface area contributed by atoms with Crippen LogP contribution in [0.15, 0.2) is 83.0 Å². The Balaban J connectivity index is 1.60. The highest BCUT2D eigenvalue weighted by molar-refractivity contribution is 7.90. The van der Waals surface area contributed by atoms with E-state index in [1.54, 1.807) is 48.8 Å². The van der Waals surface area contributed by atoms with Crippen molar-refractivity contribution in [2.45, 2.75) is 17.9 Å². The van der Waals surface area contributed by atoms with E-state index in [2.05, 4.69) is 21.8 Å². The fourth-order valence-electron chi connectivity index (χ4n) is 3.14. The lowest BCUT2D eigenvalue weighted by Crippen LogP contribution is -2.21. The van der Waals surface area contributed by atoms with Crippen LogP contribution in [0.4, 0.5) is 0 Å². The smallest absolute Gasteiger partial charge is 0.261 e. The zero-order chi connectivity index (χ0) is 21.8. The minimum Gasteiger partial charge on any atom is -0.294 e. The molecule has 31 heavy (non-hydrogen) atoms. The lowest BCUT2D eigenvalue weighted by atomic mass is 10.1. The van der Waals surface area contributed by atoms with Crippen LogP contribution in [0.2, 0.25) is 0 Å². The fraction of sp³-hybridized carbons (Fsp3) is 0.125. The highest BCUT2D eigenvalue weighted by atomic mass is 32.2. The highest BCUT2D eigenvalue weighted by Gasteiger charge is 2.08. The van der Waals surface area contributed by atoms with Crippen molar-refractivity contribution in [1.29, 1.82) is 0 Å².